The number of nitriles is 1. The lowest BCUT2D eigenvalue weighted by Gasteiger charge is -2.13. The highest BCUT2D eigenvalue weighted by molar-refractivity contribution is 5.96. The molecule has 0 radical (unpaired) electrons. The normalized spacial score (nSPS) is 11.1. The van der Waals surface area contributed by atoms with Crippen LogP contribution in [0.2, 0.25) is 0 Å². The van der Waals surface area contributed by atoms with Crippen molar-refractivity contribution in [2.45, 2.75) is 26.4 Å². The first-order chi connectivity index (χ1) is 7.81. The van der Waals surface area contributed by atoms with Gasteiger partial charge in [-0.1, -0.05) is 6.92 Å². The van der Waals surface area contributed by atoms with Crippen LogP contribution in [0.15, 0.2) is 12.1 Å². The first kappa shape index (κ1) is 13.2. The minimum atomic E-state index is -4.58. The molecule has 1 aromatic carbocycles. The summed E-state index contributed by atoms with van der Waals surface area (Å²) in [6, 6.07) is 3.70. The van der Waals surface area contributed by atoms with Gasteiger partial charge < -0.3 is 0 Å². The molecular formula is C12H10F3NO. The Kier molecular flexibility index (Phi) is 3.56. The van der Waals surface area contributed by atoms with E-state index in [2.05, 4.69) is 0 Å². The van der Waals surface area contributed by atoms with Crippen molar-refractivity contribution < 1.29 is 18.0 Å². The van der Waals surface area contributed by atoms with E-state index in [1.807, 2.05) is 0 Å². The lowest BCUT2D eigenvalue weighted by atomic mass is 9.95. The zero-order valence-electron chi connectivity index (χ0n) is 9.35. The Labute approximate surface area is 96.7 Å². The molecule has 0 fully saturated rings. The number of carbonyl (C=O) groups is 1. The van der Waals surface area contributed by atoms with E-state index in [0.29, 0.717) is 12.0 Å². The molecule has 0 amide bonds. The van der Waals surface area contributed by atoms with E-state index in [1.165, 1.54) is 0 Å². The molecule has 0 bridgehead atoms. The van der Waals surface area contributed by atoms with E-state index in [-0.39, 0.29) is 5.56 Å². The summed E-state index contributed by atoms with van der Waals surface area (Å²) < 4.78 is 38.2. The lowest BCUT2D eigenvalue weighted by molar-refractivity contribution is -0.137. The summed E-state index contributed by atoms with van der Waals surface area (Å²) in [6.07, 6.45) is -4.27. The Balaban J connectivity index is 3.59. The number of Topliss-reactive ketones (excluding diaryl/α,β-unsaturated/α-hetero) is 1. The van der Waals surface area contributed by atoms with E-state index < -0.39 is 23.1 Å². The molecule has 0 aliphatic rings. The summed E-state index contributed by atoms with van der Waals surface area (Å²) in [6.45, 7) is 2.71. The number of hydrogen-bond acceptors (Lipinski definition) is 2. The highest BCUT2D eigenvalue weighted by Gasteiger charge is 2.35. The molecule has 1 rings (SSSR count). The van der Waals surface area contributed by atoms with Gasteiger partial charge in [-0.05, 0) is 31.0 Å². The van der Waals surface area contributed by atoms with Crippen LogP contribution in [0.5, 0.6) is 0 Å². The average molecular weight is 241 g/mol. The number of aryl methyl sites for hydroxylation is 1. The number of halogens is 3. The van der Waals surface area contributed by atoms with Gasteiger partial charge in [-0.2, -0.15) is 18.4 Å². The Morgan fingerprint density at radius 3 is 2.35 bits per heavy atom. The Hall–Kier alpha value is -1.83. The van der Waals surface area contributed by atoms with Crippen LogP contribution in [-0.2, 0) is 12.6 Å². The molecule has 0 aliphatic carbocycles. The maximum atomic E-state index is 12.7. The molecule has 5 heteroatoms. The first-order valence-corrected chi connectivity index (χ1v) is 4.96. The molecule has 90 valence electrons. The van der Waals surface area contributed by atoms with Gasteiger partial charge in [-0.25, -0.2) is 0 Å². The van der Waals surface area contributed by atoms with Crippen molar-refractivity contribution in [3.8, 4) is 6.07 Å². The van der Waals surface area contributed by atoms with Gasteiger partial charge in [0.05, 0.1) is 17.2 Å². The summed E-state index contributed by atoms with van der Waals surface area (Å²) in [5, 5.41) is 8.81. The largest absolute Gasteiger partial charge is 0.417 e. The van der Waals surface area contributed by atoms with Crippen LogP contribution in [0.1, 0.15) is 40.9 Å². The fourth-order valence-electron chi connectivity index (χ4n) is 1.57. The van der Waals surface area contributed by atoms with Gasteiger partial charge in [0.2, 0.25) is 0 Å². The summed E-state index contributed by atoms with van der Waals surface area (Å²) in [4.78, 5) is 11.2. The molecule has 0 heterocycles. The molecule has 1 aromatic rings. The van der Waals surface area contributed by atoms with E-state index in [1.54, 1.807) is 13.0 Å². The van der Waals surface area contributed by atoms with E-state index in [4.69, 9.17) is 5.26 Å². The monoisotopic (exact) mass is 241 g/mol. The predicted octanol–water partition coefficient (Wildman–Crippen LogP) is 3.34. The molecule has 2 nitrogen and oxygen atoms in total. The van der Waals surface area contributed by atoms with Crippen molar-refractivity contribution in [1.29, 1.82) is 5.26 Å². The molecule has 17 heavy (non-hydrogen) atoms. The van der Waals surface area contributed by atoms with E-state index >= 15 is 0 Å². The second-order valence-corrected chi connectivity index (χ2v) is 3.57. The Bertz CT molecular complexity index is 498. The lowest BCUT2D eigenvalue weighted by Crippen LogP contribution is -2.13. The van der Waals surface area contributed by atoms with Crippen molar-refractivity contribution >= 4 is 5.78 Å². The van der Waals surface area contributed by atoms with E-state index in [9.17, 15) is 18.0 Å². The summed E-state index contributed by atoms with van der Waals surface area (Å²) in [7, 11) is 0. The fraction of sp³-hybridized carbons (Fsp3) is 0.333. The second-order valence-electron chi connectivity index (χ2n) is 3.57. The van der Waals surface area contributed by atoms with Crippen LogP contribution in [-0.4, -0.2) is 5.78 Å². The highest BCUT2D eigenvalue weighted by atomic mass is 19.4. The second kappa shape index (κ2) is 4.58. The third-order valence-electron chi connectivity index (χ3n) is 2.43. The Morgan fingerprint density at radius 1 is 1.41 bits per heavy atom. The van der Waals surface area contributed by atoms with Crippen molar-refractivity contribution in [1.82, 2.24) is 0 Å². The van der Waals surface area contributed by atoms with Crippen LogP contribution >= 0.6 is 0 Å². The summed E-state index contributed by atoms with van der Waals surface area (Å²) >= 11 is 0. The van der Waals surface area contributed by atoms with Gasteiger partial charge in [0.1, 0.15) is 0 Å². The fourth-order valence-corrected chi connectivity index (χ4v) is 1.57. The average Bonchev–Trinajstić information content (AvgIpc) is 2.25. The number of alkyl halides is 3. The number of ketones is 1. The van der Waals surface area contributed by atoms with Gasteiger partial charge in [0, 0.05) is 5.56 Å². The molecular weight excluding hydrogens is 231 g/mol. The van der Waals surface area contributed by atoms with Crippen LogP contribution in [0, 0.1) is 11.3 Å². The molecule has 0 spiro atoms. The van der Waals surface area contributed by atoms with Gasteiger partial charge >= 0.3 is 6.18 Å². The zero-order valence-corrected chi connectivity index (χ0v) is 9.35. The maximum Gasteiger partial charge on any atom is 0.417 e. The molecule has 0 atom stereocenters. The molecule has 0 aliphatic heterocycles. The standard InChI is InChI=1S/C12H10F3NO/c1-3-8-5-11(12(13,14)15)10(7(2)17)4-9(8)6-16/h4-5H,3H2,1-2H3. The SMILES string of the molecule is CCc1cc(C(F)(F)F)c(C(C)=O)cc1C#N. The van der Waals surface area contributed by atoms with Gasteiger partial charge in [0.25, 0.3) is 0 Å². The van der Waals surface area contributed by atoms with Crippen LogP contribution in [0.3, 0.4) is 0 Å². The minimum absolute atomic E-state index is 0.116. The molecule has 0 N–H and O–H groups in total. The molecule has 0 saturated heterocycles. The molecule has 0 aromatic heterocycles. The van der Waals surface area contributed by atoms with Crippen molar-refractivity contribution in [2.75, 3.05) is 0 Å². The van der Waals surface area contributed by atoms with Crippen LogP contribution in [0.25, 0.3) is 0 Å². The molecule has 0 saturated carbocycles. The number of carbonyl (C=O) groups excluding carboxylic acids is 1. The van der Waals surface area contributed by atoms with Crippen molar-refractivity contribution in [3.63, 3.8) is 0 Å². The van der Waals surface area contributed by atoms with Crippen molar-refractivity contribution in [3.05, 3.63) is 34.4 Å². The maximum absolute atomic E-state index is 12.7. The molecule has 0 unspecified atom stereocenters. The third-order valence-corrected chi connectivity index (χ3v) is 2.43. The van der Waals surface area contributed by atoms with Gasteiger partial charge in [-0.15, -0.1) is 0 Å². The Morgan fingerprint density at radius 2 is 2.00 bits per heavy atom. The van der Waals surface area contributed by atoms with E-state index in [0.717, 1.165) is 19.1 Å². The van der Waals surface area contributed by atoms with Crippen LogP contribution < -0.4 is 0 Å². The minimum Gasteiger partial charge on any atom is -0.294 e. The summed E-state index contributed by atoms with van der Waals surface area (Å²) in [5.74, 6) is -0.698. The quantitative estimate of drug-likeness (QED) is 0.745. The topological polar surface area (TPSA) is 40.9 Å². The third kappa shape index (κ3) is 2.64. The van der Waals surface area contributed by atoms with Crippen molar-refractivity contribution in [2.24, 2.45) is 0 Å². The zero-order chi connectivity index (χ0) is 13.2. The van der Waals surface area contributed by atoms with Crippen LogP contribution in [0.4, 0.5) is 13.2 Å². The highest BCUT2D eigenvalue weighted by Crippen LogP contribution is 2.34. The number of hydrogen-bond donors (Lipinski definition) is 0. The summed E-state index contributed by atoms with van der Waals surface area (Å²) in [5.41, 5.74) is -1.01. The number of benzene rings is 1. The first-order valence-electron chi connectivity index (χ1n) is 4.96. The van der Waals surface area contributed by atoms with Gasteiger partial charge in [0.15, 0.2) is 5.78 Å². The number of nitrogens with zero attached hydrogens (tertiary/aromatic N) is 1. The smallest absolute Gasteiger partial charge is 0.294 e. The van der Waals surface area contributed by atoms with Gasteiger partial charge in [-0.3, -0.25) is 4.79 Å². The predicted molar refractivity (Wildman–Crippen MR) is 55.5 cm³/mol. The number of rotatable bonds is 2.